The molecule has 4 N–H and O–H groups in total. The van der Waals surface area contributed by atoms with Crippen LogP contribution >= 0.6 is 24.0 Å². The predicted octanol–water partition coefficient (Wildman–Crippen LogP) is 1.90. The number of aromatic nitrogens is 5. The topological polar surface area (TPSA) is 135 Å². The average molecular weight is 548 g/mol. The maximum atomic E-state index is 9.52. The van der Waals surface area contributed by atoms with Gasteiger partial charge in [-0.05, 0) is 25.0 Å². The lowest BCUT2D eigenvalue weighted by Gasteiger charge is -2.12. The number of hydrogen-bond acceptors (Lipinski definition) is 6. The SMILES string of the molecule is CCc1nncn1CCNC(=NC)NCCCc1nn(-c2ccccc2)c(N)c1C#N.I. The zero-order valence-corrected chi connectivity index (χ0v) is 20.7. The molecule has 0 atom stereocenters. The second-order valence-corrected chi connectivity index (χ2v) is 6.89. The highest BCUT2D eigenvalue weighted by molar-refractivity contribution is 14.0. The number of guanidine groups is 1. The van der Waals surface area contributed by atoms with Gasteiger partial charge in [-0.1, -0.05) is 25.1 Å². The Kier molecular flexibility index (Phi) is 9.93. The fourth-order valence-electron chi connectivity index (χ4n) is 3.26. The van der Waals surface area contributed by atoms with Crippen LogP contribution in [0.1, 0.15) is 30.4 Å². The van der Waals surface area contributed by atoms with Crippen LogP contribution in [0.4, 0.5) is 5.82 Å². The van der Waals surface area contributed by atoms with Crippen molar-refractivity contribution in [3.05, 3.63) is 53.7 Å². The van der Waals surface area contributed by atoms with Crippen LogP contribution in [0, 0.1) is 11.3 Å². The van der Waals surface area contributed by atoms with Crippen LogP contribution in [0.2, 0.25) is 0 Å². The number of nitrogen functional groups attached to an aromatic ring is 1. The molecule has 0 unspecified atom stereocenters. The lowest BCUT2D eigenvalue weighted by atomic mass is 10.1. The number of nitrogens with two attached hydrogens (primary N) is 1. The number of rotatable bonds is 9. The highest BCUT2D eigenvalue weighted by Gasteiger charge is 2.16. The Morgan fingerprint density at radius 3 is 2.66 bits per heavy atom. The molecule has 0 aliphatic carbocycles. The van der Waals surface area contributed by atoms with Crippen molar-refractivity contribution >= 4 is 35.8 Å². The van der Waals surface area contributed by atoms with Crippen LogP contribution in [0.25, 0.3) is 5.69 Å². The fourth-order valence-corrected chi connectivity index (χ4v) is 3.26. The minimum absolute atomic E-state index is 0. The zero-order valence-electron chi connectivity index (χ0n) is 18.3. The molecule has 3 aromatic rings. The third-order valence-corrected chi connectivity index (χ3v) is 4.87. The molecule has 2 aromatic heterocycles. The summed E-state index contributed by atoms with van der Waals surface area (Å²) in [5, 5.41) is 28.7. The Labute approximate surface area is 205 Å². The minimum Gasteiger partial charge on any atom is -0.382 e. The Balaban J connectivity index is 0.00000363. The van der Waals surface area contributed by atoms with E-state index in [4.69, 9.17) is 5.73 Å². The minimum atomic E-state index is 0. The number of hydrogen-bond donors (Lipinski definition) is 3. The number of aryl methyl sites for hydroxylation is 2. The number of nitriles is 1. The van der Waals surface area contributed by atoms with Crippen molar-refractivity contribution in [3.63, 3.8) is 0 Å². The van der Waals surface area contributed by atoms with E-state index >= 15 is 0 Å². The van der Waals surface area contributed by atoms with E-state index in [0.29, 0.717) is 36.6 Å². The molecule has 2 heterocycles. The molecule has 11 heteroatoms. The summed E-state index contributed by atoms with van der Waals surface area (Å²) in [7, 11) is 1.74. The number of nitrogens with zero attached hydrogens (tertiary/aromatic N) is 7. The van der Waals surface area contributed by atoms with Crippen LogP contribution in [0.5, 0.6) is 0 Å². The van der Waals surface area contributed by atoms with Crippen LogP contribution < -0.4 is 16.4 Å². The highest BCUT2D eigenvalue weighted by atomic mass is 127. The van der Waals surface area contributed by atoms with E-state index in [9.17, 15) is 5.26 Å². The second kappa shape index (κ2) is 12.7. The van der Waals surface area contributed by atoms with E-state index in [0.717, 1.165) is 36.9 Å². The van der Waals surface area contributed by atoms with Gasteiger partial charge in [0.05, 0.1) is 11.4 Å². The molecule has 32 heavy (non-hydrogen) atoms. The van der Waals surface area contributed by atoms with Crippen molar-refractivity contribution in [2.24, 2.45) is 4.99 Å². The van der Waals surface area contributed by atoms with E-state index in [-0.39, 0.29) is 24.0 Å². The number of anilines is 1. The summed E-state index contributed by atoms with van der Waals surface area (Å²) in [5.41, 5.74) is 8.14. The van der Waals surface area contributed by atoms with Gasteiger partial charge in [-0.15, -0.1) is 34.2 Å². The zero-order chi connectivity index (χ0) is 22.1. The lowest BCUT2D eigenvalue weighted by molar-refractivity contribution is 0.630. The van der Waals surface area contributed by atoms with Crippen LogP contribution in [-0.2, 0) is 19.4 Å². The van der Waals surface area contributed by atoms with Crippen molar-refractivity contribution in [1.29, 1.82) is 5.26 Å². The first-order valence-corrected chi connectivity index (χ1v) is 10.3. The summed E-state index contributed by atoms with van der Waals surface area (Å²) >= 11 is 0. The fraction of sp³-hybridized carbons (Fsp3) is 0.381. The van der Waals surface area contributed by atoms with Gasteiger partial charge in [-0.3, -0.25) is 4.99 Å². The first-order chi connectivity index (χ1) is 15.2. The molecule has 0 saturated heterocycles. The first kappa shape index (κ1) is 25.1. The standard InChI is InChI=1S/C21H28N10.HI/c1-3-19-28-27-15-30(19)13-12-26-21(24-2)25-11-7-10-18-17(14-22)20(23)31(29-18)16-8-5-4-6-9-16;/h4-6,8-9,15H,3,7,10-13,23H2,1-2H3,(H2,24,25,26);1H. The Morgan fingerprint density at radius 1 is 1.22 bits per heavy atom. The molecule has 0 bridgehead atoms. The Bertz CT molecular complexity index is 1050. The Morgan fingerprint density at radius 2 is 1.97 bits per heavy atom. The van der Waals surface area contributed by atoms with Gasteiger partial charge in [0.15, 0.2) is 5.96 Å². The Hall–Kier alpha value is -3.14. The molecular formula is C21H29IN10. The monoisotopic (exact) mass is 548 g/mol. The number of para-hydroxylation sites is 1. The molecule has 170 valence electrons. The first-order valence-electron chi connectivity index (χ1n) is 10.3. The lowest BCUT2D eigenvalue weighted by Crippen LogP contribution is -2.39. The van der Waals surface area contributed by atoms with Gasteiger partial charge in [-0.25, -0.2) is 4.68 Å². The van der Waals surface area contributed by atoms with Gasteiger partial charge in [0.2, 0.25) is 0 Å². The predicted molar refractivity (Wildman–Crippen MR) is 135 cm³/mol. The third kappa shape index (κ3) is 6.19. The largest absolute Gasteiger partial charge is 0.382 e. The number of halogens is 1. The van der Waals surface area contributed by atoms with Crippen LogP contribution in [-0.4, -0.2) is 50.6 Å². The molecule has 0 amide bonds. The third-order valence-electron chi connectivity index (χ3n) is 4.87. The highest BCUT2D eigenvalue weighted by Crippen LogP contribution is 2.21. The molecule has 0 fully saturated rings. The second-order valence-electron chi connectivity index (χ2n) is 6.89. The molecule has 0 aliphatic rings. The summed E-state index contributed by atoms with van der Waals surface area (Å²) in [5.74, 6) is 2.06. The summed E-state index contributed by atoms with van der Waals surface area (Å²) in [6.45, 7) is 4.22. The van der Waals surface area contributed by atoms with Gasteiger partial charge in [-0.2, -0.15) is 10.4 Å². The molecule has 0 radical (unpaired) electrons. The van der Waals surface area contributed by atoms with Crippen LogP contribution in [0.3, 0.4) is 0 Å². The molecule has 0 aliphatic heterocycles. The van der Waals surface area contributed by atoms with Crippen molar-refractivity contribution < 1.29 is 0 Å². The van der Waals surface area contributed by atoms with E-state index in [2.05, 4.69) is 43.9 Å². The summed E-state index contributed by atoms with van der Waals surface area (Å²) in [6.07, 6.45) is 4.01. The molecule has 0 spiro atoms. The number of aliphatic imine (C=N–C) groups is 1. The van der Waals surface area contributed by atoms with Gasteiger partial charge >= 0.3 is 0 Å². The number of nitrogens with one attached hydrogen (secondary N) is 2. The van der Waals surface area contributed by atoms with Gasteiger partial charge in [0, 0.05) is 33.1 Å². The van der Waals surface area contributed by atoms with E-state index in [1.165, 1.54) is 0 Å². The molecule has 0 saturated carbocycles. The smallest absolute Gasteiger partial charge is 0.191 e. The van der Waals surface area contributed by atoms with Crippen molar-refractivity contribution in [1.82, 2.24) is 35.2 Å². The average Bonchev–Trinajstić information content (AvgIpc) is 3.39. The molecule has 1 aromatic carbocycles. The maximum Gasteiger partial charge on any atom is 0.191 e. The summed E-state index contributed by atoms with van der Waals surface area (Å²) in [4.78, 5) is 4.25. The van der Waals surface area contributed by atoms with E-state index in [1.54, 1.807) is 18.1 Å². The van der Waals surface area contributed by atoms with E-state index < -0.39 is 0 Å². The quantitative estimate of drug-likeness (QED) is 0.161. The normalized spacial score (nSPS) is 11.0. The molecular weight excluding hydrogens is 519 g/mol. The van der Waals surface area contributed by atoms with Gasteiger partial charge < -0.3 is 20.9 Å². The number of benzene rings is 1. The molecule has 10 nitrogen and oxygen atoms in total. The van der Waals surface area contributed by atoms with Gasteiger partial charge in [0.25, 0.3) is 0 Å². The molecule has 3 rings (SSSR count). The van der Waals surface area contributed by atoms with Gasteiger partial charge in [0.1, 0.15) is 29.6 Å². The summed E-state index contributed by atoms with van der Waals surface area (Å²) < 4.78 is 3.65. The maximum absolute atomic E-state index is 9.52. The summed E-state index contributed by atoms with van der Waals surface area (Å²) in [6, 6.07) is 11.8. The van der Waals surface area contributed by atoms with Crippen molar-refractivity contribution in [2.75, 3.05) is 25.9 Å². The van der Waals surface area contributed by atoms with E-state index in [1.807, 2.05) is 34.9 Å². The van der Waals surface area contributed by atoms with Crippen molar-refractivity contribution in [2.45, 2.75) is 32.7 Å². The van der Waals surface area contributed by atoms with Crippen molar-refractivity contribution in [3.8, 4) is 11.8 Å². The van der Waals surface area contributed by atoms with Crippen LogP contribution in [0.15, 0.2) is 41.7 Å².